The Morgan fingerprint density at radius 3 is 2.08 bits per heavy atom. The van der Waals surface area contributed by atoms with Crippen LogP contribution in [0.1, 0.15) is 17.5 Å². The number of nitro groups is 2. The molecule has 120 valence electrons. The summed E-state index contributed by atoms with van der Waals surface area (Å²) < 4.78 is 0. The Kier molecular flexibility index (Phi) is 3.95. The van der Waals surface area contributed by atoms with Crippen molar-refractivity contribution in [1.29, 1.82) is 0 Å². The summed E-state index contributed by atoms with van der Waals surface area (Å²) in [5, 5.41) is 22.4. The van der Waals surface area contributed by atoms with E-state index >= 15 is 0 Å². The molecular weight excluding hydrogens is 308 g/mol. The molecule has 3 rings (SSSR count). The van der Waals surface area contributed by atoms with Gasteiger partial charge in [0.15, 0.2) is 0 Å². The number of rotatable bonds is 4. The van der Waals surface area contributed by atoms with Crippen molar-refractivity contribution in [3.63, 3.8) is 0 Å². The molecule has 0 saturated heterocycles. The molecule has 2 aromatic rings. The standard InChI is InChI=1S/C18H14N2O4/c21-19(22)17-8-6-14(7-9-17)15-10-12-18(13-11-15,20(23)24)16-4-2-1-3-5-16/h1-12H,13H2. The molecule has 24 heavy (non-hydrogen) atoms. The first kappa shape index (κ1) is 15.6. The largest absolute Gasteiger partial charge is 0.269 e. The predicted octanol–water partition coefficient (Wildman–Crippen LogP) is 4.11. The topological polar surface area (TPSA) is 86.3 Å². The SMILES string of the molecule is O=[N+]([O-])c1ccc(C2=CCC(c3ccccc3)([N+](=O)[O-])C=C2)cc1. The van der Waals surface area contributed by atoms with Gasteiger partial charge < -0.3 is 0 Å². The van der Waals surface area contributed by atoms with Crippen molar-refractivity contribution in [2.24, 2.45) is 0 Å². The molecule has 2 aromatic carbocycles. The van der Waals surface area contributed by atoms with Gasteiger partial charge in [-0.25, -0.2) is 0 Å². The fraction of sp³-hybridized carbons (Fsp3) is 0.111. The van der Waals surface area contributed by atoms with E-state index in [0.717, 1.165) is 11.1 Å². The van der Waals surface area contributed by atoms with Crippen LogP contribution in [0.5, 0.6) is 0 Å². The molecule has 0 heterocycles. The summed E-state index contributed by atoms with van der Waals surface area (Å²) in [7, 11) is 0. The molecule has 0 amide bonds. The van der Waals surface area contributed by atoms with Crippen molar-refractivity contribution in [2.75, 3.05) is 0 Å². The van der Waals surface area contributed by atoms with Crippen LogP contribution in [0.3, 0.4) is 0 Å². The molecule has 0 N–H and O–H groups in total. The van der Waals surface area contributed by atoms with Gasteiger partial charge in [-0.05, 0) is 29.3 Å². The van der Waals surface area contributed by atoms with Gasteiger partial charge in [-0.15, -0.1) is 0 Å². The molecule has 0 aromatic heterocycles. The number of nitrogens with zero attached hydrogens (tertiary/aromatic N) is 2. The van der Waals surface area contributed by atoms with Crippen LogP contribution < -0.4 is 0 Å². The Bertz CT molecular complexity index is 841. The van der Waals surface area contributed by atoms with Crippen LogP contribution >= 0.6 is 0 Å². The van der Waals surface area contributed by atoms with Gasteiger partial charge in [-0.3, -0.25) is 20.2 Å². The Labute approximate surface area is 138 Å². The van der Waals surface area contributed by atoms with Crippen LogP contribution in [0.15, 0.2) is 72.8 Å². The lowest BCUT2D eigenvalue weighted by Gasteiger charge is -2.24. The maximum absolute atomic E-state index is 11.7. The summed E-state index contributed by atoms with van der Waals surface area (Å²) in [6, 6.07) is 15.0. The fourth-order valence-electron chi connectivity index (χ4n) is 2.80. The molecule has 6 nitrogen and oxygen atoms in total. The van der Waals surface area contributed by atoms with Gasteiger partial charge in [0.25, 0.3) is 11.2 Å². The van der Waals surface area contributed by atoms with Crippen molar-refractivity contribution >= 4 is 11.3 Å². The molecule has 6 heteroatoms. The molecule has 0 bridgehead atoms. The number of hydrogen-bond acceptors (Lipinski definition) is 4. The van der Waals surface area contributed by atoms with E-state index in [2.05, 4.69) is 0 Å². The number of hydrogen-bond donors (Lipinski definition) is 0. The summed E-state index contributed by atoms with van der Waals surface area (Å²) in [6.45, 7) is 0. The van der Waals surface area contributed by atoms with Gasteiger partial charge in [0, 0.05) is 29.0 Å². The zero-order valence-corrected chi connectivity index (χ0v) is 12.7. The highest BCUT2D eigenvalue weighted by molar-refractivity contribution is 5.76. The molecule has 1 aliphatic carbocycles. The van der Waals surface area contributed by atoms with Gasteiger partial charge in [0.05, 0.1) is 4.92 Å². The van der Waals surface area contributed by atoms with Crippen LogP contribution in [0.25, 0.3) is 5.57 Å². The molecule has 1 atom stereocenters. The van der Waals surface area contributed by atoms with Crippen LogP contribution in [0.4, 0.5) is 5.69 Å². The van der Waals surface area contributed by atoms with Crippen molar-refractivity contribution in [3.05, 3.63) is 104 Å². The second-order valence-electron chi connectivity index (χ2n) is 5.55. The van der Waals surface area contributed by atoms with E-state index in [1.807, 2.05) is 6.07 Å². The van der Waals surface area contributed by atoms with Crippen LogP contribution in [0.2, 0.25) is 0 Å². The lowest BCUT2D eigenvalue weighted by atomic mass is 9.82. The Morgan fingerprint density at radius 1 is 0.917 bits per heavy atom. The zero-order chi connectivity index (χ0) is 17.2. The molecule has 1 unspecified atom stereocenters. The maximum Gasteiger partial charge on any atom is 0.269 e. The van der Waals surface area contributed by atoms with E-state index in [1.54, 1.807) is 54.6 Å². The first-order chi connectivity index (χ1) is 11.5. The first-order valence-electron chi connectivity index (χ1n) is 7.37. The number of nitro benzene ring substituents is 1. The number of non-ortho nitro benzene ring substituents is 1. The van der Waals surface area contributed by atoms with E-state index in [-0.39, 0.29) is 17.0 Å². The van der Waals surface area contributed by atoms with Gasteiger partial charge in [-0.1, -0.05) is 42.5 Å². The van der Waals surface area contributed by atoms with E-state index in [1.165, 1.54) is 12.1 Å². The second-order valence-corrected chi connectivity index (χ2v) is 5.55. The van der Waals surface area contributed by atoms with Crippen molar-refractivity contribution in [1.82, 2.24) is 0 Å². The highest BCUT2D eigenvalue weighted by atomic mass is 16.6. The average Bonchev–Trinajstić information content (AvgIpc) is 2.62. The molecule has 0 fully saturated rings. The lowest BCUT2D eigenvalue weighted by molar-refractivity contribution is -0.563. The van der Waals surface area contributed by atoms with Gasteiger partial charge in [0.2, 0.25) is 0 Å². The lowest BCUT2D eigenvalue weighted by Crippen LogP contribution is -2.33. The van der Waals surface area contributed by atoms with Crippen molar-refractivity contribution < 1.29 is 9.85 Å². The summed E-state index contributed by atoms with van der Waals surface area (Å²) in [6.07, 6.45) is 5.34. The minimum Gasteiger partial charge on any atom is -0.263 e. The van der Waals surface area contributed by atoms with Crippen LogP contribution in [-0.2, 0) is 5.54 Å². The van der Waals surface area contributed by atoms with Crippen LogP contribution in [0, 0.1) is 20.2 Å². The smallest absolute Gasteiger partial charge is 0.263 e. The summed E-state index contributed by atoms with van der Waals surface area (Å²) in [5.74, 6) is 0. The highest BCUT2D eigenvalue weighted by Gasteiger charge is 2.42. The highest BCUT2D eigenvalue weighted by Crippen LogP contribution is 2.37. The predicted molar refractivity (Wildman–Crippen MR) is 89.9 cm³/mol. The number of benzene rings is 2. The molecule has 1 aliphatic rings. The monoisotopic (exact) mass is 322 g/mol. The normalized spacial score (nSPS) is 19.6. The molecule has 0 radical (unpaired) electrons. The third-order valence-corrected chi connectivity index (χ3v) is 4.18. The zero-order valence-electron chi connectivity index (χ0n) is 12.7. The quantitative estimate of drug-likeness (QED) is 0.626. The van der Waals surface area contributed by atoms with E-state index < -0.39 is 10.5 Å². The van der Waals surface area contributed by atoms with E-state index in [9.17, 15) is 20.2 Å². The van der Waals surface area contributed by atoms with Gasteiger partial charge in [0.1, 0.15) is 0 Å². The Balaban J connectivity index is 1.91. The minimum absolute atomic E-state index is 0.0167. The Morgan fingerprint density at radius 2 is 1.58 bits per heavy atom. The maximum atomic E-state index is 11.7. The Hall–Kier alpha value is -3.28. The average molecular weight is 322 g/mol. The minimum atomic E-state index is -1.27. The third kappa shape index (κ3) is 2.69. The first-order valence-corrected chi connectivity index (χ1v) is 7.37. The van der Waals surface area contributed by atoms with Gasteiger partial charge >= 0.3 is 0 Å². The van der Waals surface area contributed by atoms with Crippen molar-refractivity contribution in [2.45, 2.75) is 12.0 Å². The third-order valence-electron chi connectivity index (χ3n) is 4.18. The molecule has 0 saturated carbocycles. The molecule has 0 aliphatic heterocycles. The number of allylic oxidation sites excluding steroid dienone is 2. The summed E-state index contributed by atoms with van der Waals surface area (Å²) >= 11 is 0. The van der Waals surface area contributed by atoms with Crippen LogP contribution in [-0.4, -0.2) is 9.85 Å². The second kappa shape index (κ2) is 6.08. The molecular formula is C18H14N2O4. The molecule has 0 spiro atoms. The fourth-order valence-corrected chi connectivity index (χ4v) is 2.80. The summed E-state index contributed by atoms with van der Waals surface area (Å²) in [4.78, 5) is 21.7. The summed E-state index contributed by atoms with van der Waals surface area (Å²) in [5.41, 5.74) is 0.986. The van der Waals surface area contributed by atoms with E-state index in [0.29, 0.717) is 5.56 Å². The van der Waals surface area contributed by atoms with E-state index in [4.69, 9.17) is 0 Å². The van der Waals surface area contributed by atoms with Gasteiger partial charge in [-0.2, -0.15) is 0 Å². The van der Waals surface area contributed by atoms with Crippen molar-refractivity contribution in [3.8, 4) is 0 Å².